The molecule has 0 unspecified atom stereocenters. The van der Waals surface area contributed by atoms with Crippen LogP contribution in [-0.2, 0) is 0 Å². The summed E-state index contributed by atoms with van der Waals surface area (Å²) in [5.41, 5.74) is 12.4. The highest BCUT2D eigenvalue weighted by Gasteiger charge is 2.15. The maximum atomic E-state index is 6.31. The number of aromatic amines is 1. The fourth-order valence-corrected chi connectivity index (χ4v) is 2.52. The van der Waals surface area contributed by atoms with Crippen molar-refractivity contribution in [1.29, 1.82) is 0 Å². The van der Waals surface area contributed by atoms with E-state index in [4.69, 9.17) is 5.73 Å². The number of H-pyrrole nitrogens is 1. The van der Waals surface area contributed by atoms with E-state index in [1.165, 1.54) is 5.56 Å². The summed E-state index contributed by atoms with van der Waals surface area (Å²) in [7, 11) is 0. The maximum Gasteiger partial charge on any atom is 0.331 e. The molecule has 18 heavy (non-hydrogen) atoms. The molecule has 2 heterocycles. The van der Waals surface area contributed by atoms with E-state index in [2.05, 4.69) is 48.1 Å². The third-order valence-electron chi connectivity index (χ3n) is 3.33. The summed E-state index contributed by atoms with van der Waals surface area (Å²) >= 11 is 0. The fraction of sp³-hybridized carbons (Fsp3) is 0.200. The van der Waals surface area contributed by atoms with Gasteiger partial charge < -0.3 is 5.73 Å². The summed E-state index contributed by atoms with van der Waals surface area (Å²) in [6, 6.07) is 8.31. The van der Waals surface area contributed by atoms with Crippen molar-refractivity contribution in [2.75, 3.05) is 5.73 Å². The largest absolute Gasteiger partial charge is 0.397 e. The topological polar surface area (TPSA) is 53.0 Å². The van der Waals surface area contributed by atoms with E-state index in [0.29, 0.717) is 0 Å². The Labute approximate surface area is 106 Å². The SMILES string of the molecule is Cc1ccc2[nH+]c3nc(C)cc(C)c3c(N)c2c1. The van der Waals surface area contributed by atoms with Crippen LogP contribution in [0, 0.1) is 20.8 Å². The molecule has 0 spiro atoms. The molecule has 3 aromatic rings. The number of fused-ring (bicyclic) bond motifs is 2. The number of anilines is 1. The van der Waals surface area contributed by atoms with Crippen molar-refractivity contribution in [3.8, 4) is 0 Å². The molecule has 2 aromatic heterocycles. The first-order valence-electron chi connectivity index (χ1n) is 6.05. The molecular weight excluding hydrogens is 222 g/mol. The summed E-state index contributed by atoms with van der Waals surface area (Å²) in [5, 5.41) is 2.09. The van der Waals surface area contributed by atoms with Crippen molar-refractivity contribution >= 4 is 27.6 Å². The minimum Gasteiger partial charge on any atom is -0.397 e. The lowest BCUT2D eigenvalue weighted by Crippen LogP contribution is -2.11. The lowest BCUT2D eigenvalue weighted by molar-refractivity contribution is -0.313. The van der Waals surface area contributed by atoms with Crippen LogP contribution in [0.1, 0.15) is 16.8 Å². The first kappa shape index (κ1) is 11.0. The Balaban J connectivity index is 2.56. The second-order valence-electron chi connectivity index (χ2n) is 4.89. The quantitative estimate of drug-likeness (QED) is 0.612. The Morgan fingerprint density at radius 1 is 1.11 bits per heavy atom. The minimum absolute atomic E-state index is 0.812. The van der Waals surface area contributed by atoms with Gasteiger partial charge in [-0.3, -0.25) is 0 Å². The van der Waals surface area contributed by atoms with Crippen LogP contribution in [0.15, 0.2) is 24.3 Å². The highest BCUT2D eigenvalue weighted by Crippen LogP contribution is 2.28. The van der Waals surface area contributed by atoms with Gasteiger partial charge in [-0.2, -0.15) is 0 Å². The van der Waals surface area contributed by atoms with Gasteiger partial charge in [0, 0.05) is 12.3 Å². The van der Waals surface area contributed by atoms with Gasteiger partial charge in [0.05, 0.1) is 11.1 Å². The molecule has 0 aliphatic heterocycles. The minimum atomic E-state index is 0.812. The Kier molecular flexibility index (Phi) is 2.23. The van der Waals surface area contributed by atoms with Crippen molar-refractivity contribution in [2.24, 2.45) is 0 Å². The smallest absolute Gasteiger partial charge is 0.331 e. The van der Waals surface area contributed by atoms with Crippen LogP contribution in [0.4, 0.5) is 5.69 Å². The van der Waals surface area contributed by atoms with Gasteiger partial charge in [-0.15, -0.1) is 0 Å². The molecule has 3 rings (SSSR count). The second kappa shape index (κ2) is 3.67. The molecule has 3 N–H and O–H groups in total. The number of pyridine rings is 2. The first-order valence-corrected chi connectivity index (χ1v) is 6.05. The van der Waals surface area contributed by atoms with Gasteiger partial charge in [0.25, 0.3) is 0 Å². The Morgan fingerprint density at radius 2 is 1.89 bits per heavy atom. The summed E-state index contributed by atoms with van der Waals surface area (Å²) in [5.74, 6) is 0. The number of rotatable bonds is 0. The number of nitrogen functional groups attached to an aromatic ring is 1. The Morgan fingerprint density at radius 3 is 2.67 bits per heavy atom. The molecule has 0 aliphatic carbocycles. The van der Waals surface area contributed by atoms with Crippen molar-refractivity contribution in [3.63, 3.8) is 0 Å². The lowest BCUT2D eigenvalue weighted by atomic mass is 10.0. The Bertz CT molecular complexity index is 776. The van der Waals surface area contributed by atoms with E-state index in [9.17, 15) is 0 Å². The van der Waals surface area contributed by atoms with E-state index in [1.807, 2.05) is 6.92 Å². The average Bonchev–Trinajstić information content (AvgIpc) is 2.29. The van der Waals surface area contributed by atoms with Crippen molar-refractivity contribution in [3.05, 3.63) is 41.1 Å². The summed E-state index contributed by atoms with van der Waals surface area (Å²) < 4.78 is 0. The van der Waals surface area contributed by atoms with Crippen LogP contribution in [-0.4, -0.2) is 4.98 Å². The third kappa shape index (κ3) is 1.51. The molecule has 0 aliphatic rings. The standard InChI is InChI=1S/C15H15N3/c1-8-4-5-12-11(6-8)14(16)13-9(2)7-10(3)17-15(13)18-12/h4-7H,1-3H3,(H2,16,17,18)/p+1. The van der Waals surface area contributed by atoms with Crippen LogP contribution in [0.3, 0.4) is 0 Å². The van der Waals surface area contributed by atoms with Crippen molar-refractivity contribution < 1.29 is 4.98 Å². The summed E-state index contributed by atoms with van der Waals surface area (Å²) in [6.45, 7) is 6.14. The van der Waals surface area contributed by atoms with Gasteiger partial charge in [-0.25, -0.2) is 4.98 Å². The van der Waals surface area contributed by atoms with Crippen LogP contribution in [0.5, 0.6) is 0 Å². The van der Waals surface area contributed by atoms with Crippen LogP contribution in [0.25, 0.3) is 21.9 Å². The molecule has 3 heteroatoms. The van der Waals surface area contributed by atoms with Crippen LogP contribution in [0.2, 0.25) is 0 Å². The summed E-state index contributed by atoms with van der Waals surface area (Å²) in [6.07, 6.45) is 0. The molecule has 3 nitrogen and oxygen atoms in total. The van der Waals surface area contributed by atoms with E-state index in [0.717, 1.165) is 38.9 Å². The van der Waals surface area contributed by atoms with Crippen LogP contribution < -0.4 is 10.7 Å². The molecule has 0 radical (unpaired) electrons. The molecule has 0 saturated carbocycles. The predicted molar refractivity (Wildman–Crippen MR) is 74.4 cm³/mol. The Hall–Kier alpha value is -2.16. The average molecular weight is 238 g/mol. The molecule has 0 fully saturated rings. The normalized spacial score (nSPS) is 11.3. The molecule has 0 bridgehead atoms. The van der Waals surface area contributed by atoms with Crippen molar-refractivity contribution in [2.45, 2.75) is 20.8 Å². The number of nitrogens with zero attached hydrogens (tertiary/aromatic N) is 1. The number of benzene rings is 1. The molecule has 0 saturated heterocycles. The maximum absolute atomic E-state index is 6.31. The van der Waals surface area contributed by atoms with E-state index < -0.39 is 0 Å². The zero-order valence-electron chi connectivity index (χ0n) is 10.8. The van der Waals surface area contributed by atoms with Gasteiger partial charge in [-0.1, -0.05) is 11.6 Å². The molecule has 90 valence electrons. The molecule has 1 aromatic carbocycles. The van der Waals surface area contributed by atoms with Gasteiger partial charge in [0.1, 0.15) is 11.2 Å². The molecule has 0 atom stereocenters. The lowest BCUT2D eigenvalue weighted by Gasteiger charge is -2.05. The van der Waals surface area contributed by atoms with Gasteiger partial charge in [-0.05, 0) is 42.6 Å². The van der Waals surface area contributed by atoms with Crippen molar-refractivity contribution in [1.82, 2.24) is 4.98 Å². The zero-order chi connectivity index (χ0) is 12.9. The zero-order valence-corrected chi connectivity index (χ0v) is 10.8. The van der Waals surface area contributed by atoms with Crippen LogP contribution >= 0.6 is 0 Å². The highest BCUT2D eigenvalue weighted by atomic mass is 14.9. The monoisotopic (exact) mass is 238 g/mol. The third-order valence-corrected chi connectivity index (χ3v) is 3.33. The first-order chi connectivity index (χ1) is 8.56. The summed E-state index contributed by atoms with van der Waals surface area (Å²) in [4.78, 5) is 7.90. The molecular formula is C15H16N3+. The van der Waals surface area contributed by atoms with E-state index in [-0.39, 0.29) is 0 Å². The van der Waals surface area contributed by atoms with E-state index >= 15 is 0 Å². The highest BCUT2D eigenvalue weighted by molar-refractivity contribution is 6.03. The van der Waals surface area contributed by atoms with Gasteiger partial charge in [0.2, 0.25) is 0 Å². The molecule has 0 amide bonds. The second-order valence-corrected chi connectivity index (χ2v) is 4.89. The number of nitrogens with one attached hydrogen (secondary N) is 1. The predicted octanol–water partition coefficient (Wildman–Crippen LogP) is 2.71. The number of nitrogens with two attached hydrogens (primary N) is 1. The van der Waals surface area contributed by atoms with E-state index in [1.54, 1.807) is 0 Å². The fourth-order valence-electron chi connectivity index (χ4n) is 2.52. The number of aryl methyl sites for hydroxylation is 3. The van der Waals surface area contributed by atoms with Gasteiger partial charge >= 0.3 is 5.65 Å². The number of hydrogen-bond donors (Lipinski definition) is 1. The number of aromatic nitrogens is 2. The van der Waals surface area contributed by atoms with Gasteiger partial charge in [0.15, 0.2) is 0 Å². The number of hydrogen-bond acceptors (Lipinski definition) is 2.